The predicted octanol–water partition coefficient (Wildman–Crippen LogP) is 5.06. The molecule has 0 aliphatic carbocycles. The van der Waals surface area contributed by atoms with Gasteiger partial charge in [-0.3, -0.25) is 0 Å². The van der Waals surface area contributed by atoms with Crippen LogP contribution in [-0.4, -0.2) is 24.6 Å². The van der Waals surface area contributed by atoms with Crippen molar-refractivity contribution in [1.29, 1.82) is 0 Å². The zero-order valence-corrected chi connectivity index (χ0v) is 19.8. The molecule has 9 heteroatoms. The number of rotatable bonds is 5. The van der Waals surface area contributed by atoms with Gasteiger partial charge in [-0.1, -0.05) is 30.3 Å². The van der Waals surface area contributed by atoms with Crippen molar-refractivity contribution in [3.05, 3.63) is 112 Å². The summed E-state index contributed by atoms with van der Waals surface area (Å²) in [5, 5.41) is 6.51. The molecule has 0 fully saturated rings. The number of hydrogen-bond donors (Lipinski definition) is 3. The first kappa shape index (κ1) is 22.8. The number of aromatic nitrogens is 5. The molecule has 0 saturated carbocycles. The molecular formula is C28H22F2N6O. The number of halogens is 2. The number of pyridine rings is 2. The molecule has 6 aromatic rings. The Morgan fingerprint density at radius 3 is 2.49 bits per heavy atom. The highest BCUT2D eigenvalue weighted by Gasteiger charge is 2.21. The summed E-state index contributed by atoms with van der Waals surface area (Å²) in [6.07, 6.45) is 0.170. The van der Waals surface area contributed by atoms with E-state index in [0.717, 1.165) is 28.4 Å². The number of nitrogens with two attached hydrogens (primary N) is 1. The average molecular weight is 497 g/mol. The molecule has 0 bridgehead atoms. The van der Waals surface area contributed by atoms with E-state index in [1.807, 2.05) is 55.5 Å². The maximum atomic E-state index is 13.9. The summed E-state index contributed by atoms with van der Waals surface area (Å²) in [4.78, 5) is 20.7. The molecule has 2 aromatic carbocycles. The van der Waals surface area contributed by atoms with Gasteiger partial charge in [-0.2, -0.15) is 5.10 Å². The van der Waals surface area contributed by atoms with Gasteiger partial charge in [-0.15, -0.1) is 0 Å². The first-order chi connectivity index (χ1) is 17.9. The minimum atomic E-state index is -0.674. The molecule has 4 N–H and O–H groups in total. The lowest BCUT2D eigenvalue weighted by atomic mass is 9.95. The molecule has 0 aliphatic heterocycles. The van der Waals surface area contributed by atoms with Crippen molar-refractivity contribution < 1.29 is 8.78 Å². The topological polar surface area (TPSA) is 105 Å². The Morgan fingerprint density at radius 1 is 0.973 bits per heavy atom. The first-order valence-corrected chi connectivity index (χ1v) is 11.7. The molecule has 0 spiro atoms. The Hall–Kier alpha value is -4.63. The fourth-order valence-corrected chi connectivity index (χ4v) is 4.85. The fraction of sp³-hybridized carbons (Fsp3) is 0.107. The Balaban J connectivity index is 1.54. The van der Waals surface area contributed by atoms with E-state index in [1.165, 1.54) is 16.5 Å². The number of nitrogens with one attached hydrogen (secondary N) is 2. The Kier molecular flexibility index (Phi) is 5.42. The summed E-state index contributed by atoms with van der Waals surface area (Å²) in [5.74, 6) is -1.32. The highest BCUT2D eigenvalue weighted by molar-refractivity contribution is 5.88. The van der Waals surface area contributed by atoms with Crippen LogP contribution in [0.1, 0.15) is 23.0 Å². The summed E-state index contributed by atoms with van der Waals surface area (Å²) in [6, 6.07) is 20.1. The van der Waals surface area contributed by atoms with Crippen LogP contribution in [-0.2, 0) is 6.42 Å². The molecule has 0 radical (unpaired) electrons. The van der Waals surface area contributed by atoms with Gasteiger partial charge in [0.05, 0.1) is 22.8 Å². The zero-order chi connectivity index (χ0) is 25.7. The molecule has 4 heterocycles. The highest BCUT2D eigenvalue weighted by Crippen LogP contribution is 2.34. The second-order valence-corrected chi connectivity index (χ2v) is 9.05. The van der Waals surface area contributed by atoms with E-state index in [0.29, 0.717) is 33.7 Å². The number of aromatic amines is 2. The van der Waals surface area contributed by atoms with Crippen LogP contribution in [0, 0.1) is 18.6 Å². The molecule has 7 nitrogen and oxygen atoms in total. The quantitative estimate of drug-likeness (QED) is 0.310. The van der Waals surface area contributed by atoms with E-state index in [9.17, 15) is 13.6 Å². The van der Waals surface area contributed by atoms with Crippen molar-refractivity contribution in [2.45, 2.75) is 19.4 Å². The van der Waals surface area contributed by atoms with Crippen LogP contribution in [0.3, 0.4) is 0 Å². The second-order valence-electron chi connectivity index (χ2n) is 9.05. The van der Waals surface area contributed by atoms with Gasteiger partial charge in [0.25, 0.3) is 0 Å². The lowest BCUT2D eigenvalue weighted by molar-refractivity contribution is 0.576. The molecule has 0 unspecified atom stereocenters. The van der Waals surface area contributed by atoms with Gasteiger partial charge in [0.2, 0.25) is 0 Å². The van der Waals surface area contributed by atoms with Gasteiger partial charge in [0.1, 0.15) is 11.6 Å². The first-order valence-electron chi connectivity index (χ1n) is 11.7. The molecule has 0 amide bonds. The van der Waals surface area contributed by atoms with Crippen LogP contribution in [0.4, 0.5) is 8.78 Å². The third-order valence-corrected chi connectivity index (χ3v) is 6.56. The SMILES string of the molecule is Cc1c(-c2cc3[nH]c(-c4ccccc4)cc3nc2[C@@H](N)Cc2cc(F)cc(F)c2)ccc2n[nH]c(=O)n12. The van der Waals surface area contributed by atoms with Crippen LogP contribution in [0.5, 0.6) is 0 Å². The smallest absolute Gasteiger partial charge is 0.347 e. The Labute approximate surface area is 209 Å². The van der Waals surface area contributed by atoms with E-state index in [1.54, 1.807) is 6.07 Å². The van der Waals surface area contributed by atoms with Crippen LogP contribution < -0.4 is 11.4 Å². The summed E-state index contributed by atoms with van der Waals surface area (Å²) in [7, 11) is 0. The lowest BCUT2D eigenvalue weighted by Gasteiger charge is -2.18. The molecule has 0 saturated heterocycles. The average Bonchev–Trinajstić information content (AvgIpc) is 3.47. The van der Waals surface area contributed by atoms with Crippen LogP contribution in [0.2, 0.25) is 0 Å². The number of nitrogens with zero attached hydrogens (tertiary/aromatic N) is 3. The van der Waals surface area contributed by atoms with E-state index in [4.69, 9.17) is 10.7 Å². The summed E-state index contributed by atoms with van der Waals surface area (Å²) >= 11 is 0. The largest absolute Gasteiger partial charge is 0.353 e. The van der Waals surface area contributed by atoms with Crippen molar-refractivity contribution in [3.63, 3.8) is 0 Å². The van der Waals surface area contributed by atoms with Crippen molar-refractivity contribution >= 4 is 16.7 Å². The number of fused-ring (bicyclic) bond motifs is 2. The third-order valence-electron chi connectivity index (χ3n) is 6.56. The molecular weight excluding hydrogens is 474 g/mol. The van der Waals surface area contributed by atoms with Gasteiger partial charge in [-0.05, 0) is 60.9 Å². The Morgan fingerprint density at radius 2 is 1.73 bits per heavy atom. The van der Waals surface area contributed by atoms with Gasteiger partial charge >= 0.3 is 5.69 Å². The molecule has 37 heavy (non-hydrogen) atoms. The van der Waals surface area contributed by atoms with Crippen LogP contribution in [0.25, 0.3) is 39.1 Å². The van der Waals surface area contributed by atoms with E-state index >= 15 is 0 Å². The summed E-state index contributed by atoms with van der Waals surface area (Å²) in [6.45, 7) is 1.82. The molecule has 1 atom stereocenters. The summed E-state index contributed by atoms with van der Waals surface area (Å²) in [5.41, 5.74) is 13.3. The number of aryl methyl sites for hydroxylation is 1. The zero-order valence-electron chi connectivity index (χ0n) is 19.8. The second kappa shape index (κ2) is 8.79. The van der Waals surface area contributed by atoms with Gasteiger partial charge in [0, 0.05) is 28.6 Å². The molecule has 0 aliphatic rings. The molecule has 184 valence electrons. The van der Waals surface area contributed by atoms with Gasteiger partial charge in [-0.25, -0.2) is 28.1 Å². The van der Waals surface area contributed by atoms with E-state index in [2.05, 4.69) is 15.2 Å². The predicted molar refractivity (Wildman–Crippen MR) is 138 cm³/mol. The van der Waals surface area contributed by atoms with Gasteiger partial charge in [0.15, 0.2) is 5.65 Å². The van der Waals surface area contributed by atoms with Crippen LogP contribution >= 0.6 is 0 Å². The van der Waals surface area contributed by atoms with Crippen molar-refractivity contribution in [1.82, 2.24) is 24.6 Å². The fourth-order valence-electron chi connectivity index (χ4n) is 4.85. The minimum absolute atomic E-state index is 0.170. The number of H-pyrrole nitrogens is 2. The molecule has 6 rings (SSSR count). The van der Waals surface area contributed by atoms with Crippen LogP contribution in [0.15, 0.2) is 77.6 Å². The maximum Gasteiger partial charge on any atom is 0.347 e. The normalized spacial score (nSPS) is 12.4. The van der Waals surface area contributed by atoms with Crippen molar-refractivity contribution in [3.8, 4) is 22.4 Å². The lowest BCUT2D eigenvalue weighted by Crippen LogP contribution is -2.17. The monoisotopic (exact) mass is 496 g/mol. The third kappa shape index (κ3) is 4.09. The standard InChI is InChI=1S/C28H22F2N6O/c1-15-20(7-8-26-34-35-28(37)36(15)26)21-13-24-25(14-23(32-24)17-5-3-2-4-6-17)33-27(21)22(31)11-16-9-18(29)12-19(30)10-16/h2-10,12-14,22,32H,11,31H2,1H3,(H,35,37)/t22-/m0/s1. The summed E-state index contributed by atoms with van der Waals surface area (Å²) < 4.78 is 29.2. The van der Waals surface area contributed by atoms with E-state index < -0.39 is 17.7 Å². The number of hydrogen-bond acceptors (Lipinski definition) is 4. The number of benzene rings is 2. The molecule has 4 aromatic heterocycles. The van der Waals surface area contributed by atoms with Crippen molar-refractivity contribution in [2.75, 3.05) is 0 Å². The van der Waals surface area contributed by atoms with Gasteiger partial charge < -0.3 is 10.7 Å². The van der Waals surface area contributed by atoms with E-state index in [-0.39, 0.29) is 12.1 Å². The Bertz CT molecular complexity index is 1820. The minimum Gasteiger partial charge on any atom is -0.353 e. The highest BCUT2D eigenvalue weighted by atomic mass is 19.1. The van der Waals surface area contributed by atoms with Crippen molar-refractivity contribution in [2.24, 2.45) is 5.73 Å². The maximum absolute atomic E-state index is 13.9.